The van der Waals surface area contributed by atoms with Crippen molar-refractivity contribution in [2.75, 3.05) is 11.9 Å². The molecule has 1 saturated carbocycles. The van der Waals surface area contributed by atoms with Crippen molar-refractivity contribution in [2.24, 2.45) is 16.1 Å². The van der Waals surface area contributed by atoms with E-state index in [0.29, 0.717) is 6.54 Å². The summed E-state index contributed by atoms with van der Waals surface area (Å²) < 4.78 is 41.0. The molecule has 1 aromatic carbocycles. The lowest BCUT2D eigenvalue weighted by Crippen LogP contribution is -2.25. The van der Waals surface area contributed by atoms with Crippen LogP contribution in [-0.2, 0) is 0 Å². The molecule has 1 aliphatic carbocycles. The molecule has 0 atom stereocenters. The molecular weight excluding hydrogens is 295 g/mol. The molecule has 1 aromatic rings. The van der Waals surface area contributed by atoms with Crippen molar-refractivity contribution in [1.82, 2.24) is 0 Å². The third kappa shape index (κ3) is 4.82. The van der Waals surface area contributed by atoms with Gasteiger partial charge in [-0.05, 0) is 36.8 Å². The highest BCUT2D eigenvalue weighted by Gasteiger charge is 2.41. The first-order chi connectivity index (χ1) is 10.3. The number of halogens is 3. The fraction of sp³-hybridized carbons (Fsp3) is 0.533. The Bertz CT molecular complexity index is 539. The van der Waals surface area contributed by atoms with Crippen molar-refractivity contribution in [1.29, 1.82) is 0 Å². The molecule has 0 saturated heterocycles. The number of nitrogens with one attached hydrogen (secondary N) is 1. The third-order valence-corrected chi connectivity index (χ3v) is 3.70. The second kappa shape index (κ2) is 6.46. The van der Waals surface area contributed by atoms with Gasteiger partial charge in [0.2, 0.25) is 0 Å². The largest absolute Gasteiger partial charge is 0.573 e. The molecule has 0 bridgehead atoms. The van der Waals surface area contributed by atoms with Crippen LogP contribution in [0.4, 0.5) is 18.9 Å². The molecule has 1 fully saturated rings. The van der Waals surface area contributed by atoms with Gasteiger partial charge in [0, 0.05) is 6.54 Å². The van der Waals surface area contributed by atoms with Gasteiger partial charge >= 0.3 is 6.36 Å². The Morgan fingerprint density at radius 1 is 1.36 bits per heavy atom. The van der Waals surface area contributed by atoms with E-state index in [4.69, 9.17) is 5.73 Å². The molecule has 122 valence electrons. The maximum absolute atomic E-state index is 12.3. The number of rotatable bonds is 6. The average Bonchev–Trinajstić information content (AvgIpc) is 3.18. The van der Waals surface area contributed by atoms with E-state index in [1.807, 2.05) is 0 Å². The Labute approximate surface area is 127 Å². The molecule has 1 aliphatic rings. The fourth-order valence-electron chi connectivity index (χ4n) is 2.41. The van der Waals surface area contributed by atoms with Crippen LogP contribution in [0.15, 0.2) is 29.3 Å². The molecular formula is C15H20F3N3O. The maximum Gasteiger partial charge on any atom is 0.573 e. The van der Waals surface area contributed by atoms with Crippen molar-refractivity contribution in [3.63, 3.8) is 0 Å². The van der Waals surface area contributed by atoms with Crippen LogP contribution in [0.2, 0.25) is 0 Å². The molecule has 0 aromatic heterocycles. The van der Waals surface area contributed by atoms with Gasteiger partial charge in [-0.1, -0.05) is 25.5 Å². The van der Waals surface area contributed by atoms with Crippen LogP contribution >= 0.6 is 0 Å². The highest BCUT2D eigenvalue weighted by Crippen LogP contribution is 2.49. The molecule has 0 unspecified atom stereocenters. The summed E-state index contributed by atoms with van der Waals surface area (Å²) in [5.41, 5.74) is 6.15. The molecule has 7 heteroatoms. The van der Waals surface area contributed by atoms with Crippen molar-refractivity contribution in [2.45, 2.75) is 39.0 Å². The normalized spacial score (nSPS) is 17.2. The molecule has 22 heavy (non-hydrogen) atoms. The van der Waals surface area contributed by atoms with Gasteiger partial charge < -0.3 is 15.8 Å². The topological polar surface area (TPSA) is 59.6 Å². The van der Waals surface area contributed by atoms with Gasteiger partial charge in [0.1, 0.15) is 0 Å². The van der Waals surface area contributed by atoms with E-state index < -0.39 is 6.36 Å². The van der Waals surface area contributed by atoms with E-state index in [2.05, 4.69) is 22.0 Å². The number of hydrogen-bond donors (Lipinski definition) is 2. The van der Waals surface area contributed by atoms with Gasteiger partial charge in [-0.15, -0.1) is 13.2 Å². The van der Waals surface area contributed by atoms with E-state index in [-0.39, 0.29) is 22.8 Å². The maximum atomic E-state index is 12.3. The lowest BCUT2D eigenvalue weighted by atomic mass is 10.0. The van der Waals surface area contributed by atoms with Gasteiger partial charge in [0.25, 0.3) is 0 Å². The first-order valence-corrected chi connectivity index (χ1v) is 7.25. The van der Waals surface area contributed by atoms with E-state index in [9.17, 15) is 13.2 Å². The number of aliphatic imine (C=N–C) groups is 1. The number of hydrogen-bond acceptors (Lipinski definition) is 2. The number of ether oxygens (including phenoxy) is 1. The van der Waals surface area contributed by atoms with Gasteiger partial charge in [-0.25, -0.2) is 0 Å². The van der Waals surface area contributed by atoms with Gasteiger partial charge in [0.05, 0.1) is 5.69 Å². The lowest BCUT2D eigenvalue weighted by Gasteiger charge is -2.15. The van der Waals surface area contributed by atoms with E-state index in [1.165, 1.54) is 18.2 Å². The molecule has 3 N–H and O–H groups in total. The van der Waals surface area contributed by atoms with E-state index >= 15 is 0 Å². The summed E-state index contributed by atoms with van der Waals surface area (Å²) >= 11 is 0. The fourth-order valence-corrected chi connectivity index (χ4v) is 2.41. The second-order valence-electron chi connectivity index (χ2n) is 5.62. The SMILES string of the molecule is CCCC1(CN=C(N)Nc2ccccc2OC(F)(F)F)CC1. The van der Waals surface area contributed by atoms with E-state index in [1.54, 1.807) is 6.07 Å². The van der Waals surface area contributed by atoms with Crippen molar-refractivity contribution < 1.29 is 17.9 Å². The minimum Gasteiger partial charge on any atom is -0.404 e. The van der Waals surface area contributed by atoms with Crippen LogP contribution in [0, 0.1) is 5.41 Å². The van der Waals surface area contributed by atoms with E-state index in [0.717, 1.165) is 25.7 Å². The second-order valence-corrected chi connectivity index (χ2v) is 5.62. The molecule has 0 amide bonds. The first kappa shape index (κ1) is 16.5. The highest BCUT2D eigenvalue weighted by molar-refractivity contribution is 5.93. The van der Waals surface area contributed by atoms with Crippen molar-refractivity contribution >= 4 is 11.6 Å². The monoisotopic (exact) mass is 315 g/mol. The molecule has 2 rings (SSSR count). The Morgan fingerprint density at radius 3 is 2.64 bits per heavy atom. The van der Waals surface area contributed by atoms with Crippen molar-refractivity contribution in [3.05, 3.63) is 24.3 Å². The number of para-hydroxylation sites is 2. The number of anilines is 1. The summed E-state index contributed by atoms with van der Waals surface area (Å²) in [7, 11) is 0. The Morgan fingerprint density at radius 2 is 2.05 bits per heavy atom. The number of benzene rings is 1. The van der Waals surface area contributed by atoms with Gasteiger partial charge in [-0.2, -0.15) is 0 Å². The molecule has 0 aliphatic heterocycles. The number of nitrogens with two attached hydrogens (primary N) is 1. The highest BCUT2D eigenvalue weighted by atomic mass is 19.4. The summed E-state index contributed by atoms with van der Waals surface area (Å²) in [5, 5.41) is 2.68. The summed E-state index contributed by atoms with van der Waals surface area (Å²) in [5.74, 6) is -0.233. The Kier molecular flexibility index (Phi) is 4.83. The Balaban J connectivity index is 2.01. The van der Waals surface area contributed by atoms with Gasteiger partial charge in [-0.3, -0.25) is 4.99 Å². The quantitative estimate of drug-likeness (QED) is 0.618. The zero-order valence-corrected chi connectivity index (χ0v) is 12.4. The smallest absolute Gasteiger partial charge is 0.404 e. The number of alkyl halides is 3. The number of nitrogens with zero attached hydrogens (tertiary/aromatic N) is 1. The Hall–Kier alpha value is -1.92. The standard InChI is InChI=1S/C15H20F3N3O/c1-2-7-14(8-9-14)10-20-13(19)21-11-5-3-4-6-12(11)22-15(16,17)18/h3-6H,2,7-10H2,1H3,(H3,19,20,21). The lowest BCUT2D eigenvalue weighted by molar-refractivity contribution is -0.274. The minimum atomic E-state index is -4.75. The molecule has 4 nitrogen and oxygen atoms in total. The summed E-state index contributed by atoms with van der Waals surface area (Å²) in [6.45, 7) is 2.72. The average molecular weight is 315 g/mol. The zero-order chi connectivity index (χ0) is 16.2. The van der Waals surface area contributed by atoms with Gasteiger partial charge in [0.15, 0.2) is 11.7 Å². The zero-order valence-electron chi connectivity index (χ0n) is 12.4. The minimum absolute atomic E-state index is 0.0978. The molecule has 0 spiro atoms. The summed E-state index contributed by atoms with van der Waals surface area (Å²) in [4.78, 5) is 4.26. The molecule has 0 radical (unpaired) electrons. The van der Waals surface area contributed by atoms with Crippen molar-refractivity contribution in [3.8, 4) is 5.75 Å². The summed E-state index contributed by atoms with van der Waals surface area (Å²) in [6, 6.07) is 5.74. The molecule has 0 heterocycles. The third-order valence-electron chi connectivity index (χ3n) is 3.70. The van der Waals surface area contributed by atoms with Crippen LogP contribution in [0.3, 0.4) is 0 Å². The predicted octanol–water partition coefficient (Wildman–Crippen LogP) is 3.89. The van der Waals surface area contributed by atoms with Crippen LogP contribution < -0.4 is 15.8 Å². The van der Waals surface area contributed by atoms with Crippen LogP contribution in [-0.4, -0.2) is 18.9 Å². The number of guanidine groups is 1. The van der Waals surface area contributed by atoms with Crippen LogP contribution in [0.25, 0.3) is 0 Å². The predicted molar refractivity (Wildman–Crippen MR) is 79.8 cm³/mol. The van der Waals surface area contributed by atoms with Crippen LogP contribution in [0.1, 0.15) is 32.6 Å². The first-order valence-electron chi connectivity index (χ1n) is 7.25. The summed E-state index contributed by atoms with van der Waals surface area (Å²) in [6.07, 6.45) is -0.303. The van der Waals surface area contributed by atoms with Crippen LogP contribution in [0.5, 0.6) is 5.75 Å².